The molecule has 0 unspecified atom stereocenters. The number of hydrogen-bond acceptors (Lipinski definition) is 7. The van der Waals surface area contributed by atoms with Crippen LogP contribution in [-0.2, 0) is 30.3 Å². The first-order valence-electron chi connectivity index (χ1n) is 12.1. The molecule has 0 aromatic heterocycles. The molecule has 2 bridgehead atoms. The summed E-state index contributed by atoms with van der Waals surface area (Å²) in [5, 5.41) is 18.0. The predicted molar refractivity (Wildman–Crippen MR) is 137 cm³/mol. The van der Waals surface area contributed by atoms with Crippen molar-refractivity contribution in [1.29, 1.82) is 5.41 Å². The van der Waals surface area contributed by atoms with E-state index >= 15 is 0 Å². The Morgan fingerprint density at radius 2 is 1.86 bits per heavy atom. The Morgan fingerprint density at radius 3 is 2.51 bits per heavy atom. The Labute approximate surface area is 216 Å². The molecular weight excluding hydrogens is 480 g/mol. The molecule has 2 aliphatic heterocycles. The highest BCUT2D eigenvalue weighted by molar-refractivity contribution is 5.93. The van der Waals surface area contributed by atoms with Crippen LogP contribution in [0.25, 0.3) is 0 Å². The van der Waals surface area contributed by atoms with E-state index in [1.807, 2.05) is 0 Å². The second-order valence-electron chi connectivity index (χ2n) is 8.60. The summed E-state index contributed by atoms with van der Waals surface area (Å²) in [7, 11) is 1.23. The topological polar surface area (TPSA) is 185 Å². The number of carbonyl (C=O) groups is 4. The average Bonchev–Trinajstić information content (AvgIpc) is 2.86. The smallest absolute Gasteiger partial charge is 0.328 e. The molecule has 0 radical (unpaired) electrons. The van der Waals surface area contributed by atoms with Gasteiger partial charge in [0.15, 0.2) is 5.96 Å². The van der Waals surface area contributed by atoms with Crippen molar-refractivity contribution in [3.8, 4) is 5.75 Å². The first-order chi connectivity index (χ1) is 17.7. The lowest BCUT2D eigenvalue weighted by atomic mass is 10.0. The minimum absolute atomic E-state index is 0.155. The maximum Gasteiger partial charge on any atom is 0.328 e. The average molecular weight is 517 g/mol. The Hall–Kier alpha value is -4.09. The molecule has 1 aromatic carbocycles. The lowest BCUT2D eigenvalue weighted by Crippen LogP contribution is -2.56. The molecule has 202 valence electrons. The van der Waals surface area contributed by atoms with Crippen molar-refractivity contribution in [2.24, 2.45) is 5.73 Å². The van der Waals surface area contributed by atoms with Gasteiger partial charge in [0.1, 0.15) is 30.5 Å². The summed E-state index contributed by atoms with van der Waals surface area (Å²) in [5.74, 6) is -1.63. The van der Waals surface area contributed by atoms with Gasteiger partial charge in [-0.05, 0) is 43.4 Å². The van der Waals surface area contributed by atoms with Crippen LogP contribution in [0.4, 0.5) is 0 Å². The minimum atomic E-state index is -0.974. The van der Waals surface area contributed by atoms with Crippen LogP contribution in [0.2, 0.25) is 0 Å². The summed E-state index contributed by atoms with van der Waals surface area (Å²) >= 11 is 0. The first kappa shape index (κ1) is 29.1. The highest BCUT2D eigenvalue weighted by Gasteiger charge is 2.29. The third-order valence-electron chi connectivity index (χ3n) is 5.61. The van der Waals surface area contributed by atoms with E-state index in [0.717, 1.165) is 5.56 Å². The van der Waals surface area contributed by atoms with E-state index in [2.05, 4.69) is 21.3 Å². The maximum atomic E-state index is 13.2. The molecule has 3 atom stereocenters. The van der Waals surface area contributed by atoms with Gasteiger partial charge in [0, 0.05) is 19.9 Å². The number of unbranched alkanes of at least 4 members (excludes halogenated alkanes) is 1. The number of benzene rings is 1. The SMILES string of the molecule is COC(=O)[C@@H]1CC=CCOc2ccc(cc2)C[C@H](NC(C)=O)C(=O)N[C@@H](CCCCNC(=N)N)C(=O)N1. The van der Waals surface area contributed by atoms with Gasteiger partial charge < -0.3 is 36.5 Å². The zero-order chi connectivity index (χ0) is 27.2. The third kappa shape index (κ3) is 10.6. The van der Waals surface area contributed by atoms with Crippen LogP contribution in [-0.4, -0.2) is 68.0 Å². The second kappa shape index (κ2) is 15.1. The molecule has 12 heteroatoms. The standard InChI is InChI=1S/C25H36N6O6/c1-16(32)29-21-15-17-9-11-18(12-10-17)37-14-6-4-8-20(24(35)36-2)31-22(33)19(30-23(21)34)7-3-5-13-28-25(26)27/h4,6,9-12,19-21H,3,5,7-8,13-15H2,1-2H3,(H,29,32)(H,30,34)(H,31,33)(H4,26,27,28)/t19-,20-,21-/m0/s1. The fourth-order valence-electron chi connectivity index (χ4n) is 3.72. The van der Waals surface area contributed by atoms with Gasteiger partial charge in [0.25, 0.3) is 0 Å². The molecule has 0 fully saturated rings. The molecule has 2 aliphatic rings. The van der Waals surface area contributed by atoms with E-state index < -0.39 is 35.9 Å². The molecule has 3 rings (SSSR count). The largest absolute Gasteiger partial charge is 0.490 e. The van der Waals surface area contributed by atoms with Gasteiger partial charge >= 0.3 is 5.97 Å². The number of amides is 3. The van der Waals surface area contributed by atoms with Gasteiger partial charge in [0.2, 0.25) is 17.7 Å². The zero-order valence-corrected chi connectivity index (χ0v) is 21.2. The lowest BCUT2D eigenvalue weighted by Gasteiger charge is -2.24. The summed E-state index contributed by atoms with van der Waals surface area (Å²) < 4.78 is 10.5. The Balaban J connectivity index is 2.30. The number of guanidine groups is 1. The highest BCUT2D eigenvalue weighted by Crippen LogP contribution is 2.14. The minimum Gasteiger partial charge on any atom is -0.490 e. The molecular formula is C25H36N6O6. The number of ether oxygens (including phenoxy) is 2. The molecule has 0 saturated carbocycles. The van der Waals surface area contributed by atoms with Crippen LogP contribution >= 0.6 is 0 Å². The van der Waals surface area contributed by atoms with Gasteiger partial charge in [-0.1, -0.05) is 24.3 Å². The number of nitrogens with two attached hydrogens (primary N) is 1. The molecule has 37 heavy (non-hydrogen) atoms. The van der Waals surface area contributed by atoms with E-state index in [0.29, 0.717) is 25.1 Å². The van der Waals surface area contributed by atoms with Crippen molar-refractivity contribution in [3.63, 3.8) is 0 Å². The number of fused-ring (bicyclic) bond motifs is 13. The Bertz CT molecular complexity index is 980. The zero-order valence-electron chi connectivity index (χ0n) is 21.2. The molecule has 3 amide bonds. The quantitative estimate of drug-likeness (QED) is 0.0951. The van der Waals surface area contributed by atoms with E-state index in [4.69, 9.17) is 20.6 Å². The monoisotopic (exact) mass is 516 g/mol. The van der Waals surface area contributed by atoms with Crippen molar-refractivity contribution in [1.82, 2.24) is 21.3 Å². The number of methoxy groups -OCH3 is 1. The molecule has 0 aliphatic carbocycles. The van der Waals surface area contributed by atoms with E-state index in [1.165, 1.54) is 14.0 Å². The van der Waals surface area contributed by atoms with E-state index in [1.54, 1.807) is 36.4 Å². The van der Waals surface area contributed by atoms with Crippen LogP contribution in [0, 0.1) is 5.41 Å². The van der Waals surface area contributed by atoms with Gasteiger partial charge in [-0.25, -0.2) is 4.79 Å². The van der Waals surface area contributed by atoms with Gasteiger partial charge in [-0.2, -0.15) is 0 Å². The fourth-order valence-corrected chi connectivity index (χ4v) is 3.72. The molecule has 7 N–H and O–H groups in total. The molecule has 12 nitrogen and oxygen atoms in total. The van der Waals surface area contributed by atoms with Crippen LogP contribution in [0.3, 0.4) is 0 Å². The summed E-state index contributed by atoms with van der Waals surface area (Å²) in [6.07, 6.45) is 5.18. The Kier molecular flexibility index (Phi) is 11.9. The molecule has 1 aromatic rings. The number of rotatable bonds is 7. The summed E-state index contributed by atoms with van der Waals surface area (Å²) in [4.78, 5) is 50.5. The maximum absolute atomic E-state index is 13.2. The number of esters is 1. The molecule has 0 saturated heterocycles. The lowest BCUT2D eigenvalue weighted by molar-refractivity contribution is -0.145. The predicted octanol–water partition coefficient (Wildman–Crippen LogP) is -0.132. The molecule has 0 spiro atoms. The third-order valence-corrected chi connectivity index (χ3v) is 5.61. The van der Waals surface area contributed by atoms with Crippen molar-refractivity contribution >= 4 is 29.7 Å². The number of hydrogen-bond donors (Lipinski definition) is 6. The second-order valence-corrected chi connectivity index (χ2v) is 8.60. The summed E-state index contributed by atoms with van der Waals surface area (Å²) in [6.45, 7) is 2.00. The molecule has 2 heterocycles. The van der Waals surface area contributed by atoms with E-state index in [9.17, 15) is 19.2 Å². The summed E-state index contributed by atoms with van der Waals surface area (Å²) in [5.41, 5.74) is 6.09. The van der Waals surface area contributed by atoms with Crippen LogP contribution < -0.4 is 31.7 Å². The Morgan fingerprint density at radius 1 is 1.14 bits per heavy atom. The first-order valence-corrected chi connectivity index (χ1v) is 12.1. The van der Waals surface area contributed by atoms with Crippen molar-refractivity contribution in [2.75, 3.05) is 20.3 Å². The fraction of sp³-hybridized carbons (Fsp3) is 0.480. The number of carbonyl (C=O) groups excluding carboxylic acids is 4. The highest BCUT2D eigenvalue weighted by atomic mass is 16.5. The van der Waals surface area contributed by atoms with Crippen LogP contribution in [0.5, 0.6) is 5.75 Å². The van der Waals surface area contributed by atoms with Gasteiger partial charge in [-0.15, -0.1) is 0 Å². The van der Waals surface area contributed by atoms with Crippen LogP contribution in [0.15, 0.2) is 36.4 Å². The van der Waals surface area contributed by atoms with Crippen molar-refractivity contribution < 1.29 is 28.7 Å². The van der Waals surface area contributed by atoms with Crippen molar-refractivity contribution in [2.45, 2.75) is 57.2 Å². The van der Waals surface area contributed by atoms with Gasteiger partial charge in [0.05, 0.1) is 7.11 Å². The van der Waals surface area contributed by atoms with Crippen molar-refractivity contribution in [3.05, 3.63) is 42.0 Å². The van der Waals surface area contributed by atoms with Crippen LogP contribution in [0.1, 0.15) is 38.2 Å². The summed E-state index contributed by atoms with van der Waals surface area (Å²) in [6, 6.07) is 4.28. The van der Waals surface area contributed by atoms with Gasteiger partial charge in [-0.3, -0.25) is 19.8 Å². The number of nitrogens with one attached hydrogen (secondary N) is 5. The van der Waals surface area contributed by atoms with E-state index in [-0.39, 0.29) is 37.7 Å². The normalized spacial score (nSPS) is 20.5.